The highest BCUT2D eigenvalue weighted by Crippen LogP contribution is 2.38. The first-order valence-corrected chi connectivity index (χ1v) is 27.6. The van der Waals surface area contributed by atoms with Crippen molar-refractivity contribution in [3.8, 4) is 0 Å². The molecule has 3 N–H and O–H groups in total. The maximum absolute atomic E-state index is 11.0. The fourth-order valence-electron chi connectivity index (χ4n) is 4.09. The van der Waals surface area contributed by atoms with Gasteiger partial charge in [-0.15, -0.1) is 11.8 Å². The zero-order valence-corrected chi connectivity index (χ0v) is 41.5. The molecule has 9 nitrogen and oxygen atoms in total. The Morgan fingerprint density at radius 1 is 0.897 bits per heavy atom. The molecule has 0 amide bonds. The Hall–Kier alpha value is -1.47. The van der Waals surface area contributed by atoms with E-state index in [1.165, 1.54) is 58.0 Å². The fourth-order valence-corrected chi connectivity index (χ4v) is 10.9. The van der Waals surface area contributed by atoms with Gasteiger partial charge in [-0.1, -0.05) is 136 Å². The number of carbonyl (C=O) groups is 3. The van der Waals surface area contributed by atoms with Crippen molar-refractivity contribution in [3.63, 3.8) is 0 Å². The second kappa shape index (κ2) is 36.2. The molecule has 0 radical (unpaired) electrons. The zero-order valence-electron chi connectivity index (χ0n) is 35.0. The maximum Gasteiger partial charge on any atom is 0.342 e. The molecule has 58 heavy (non-hydrogen) atoms. The van der Waals surface area contributed by atoms with Gasteiger partial charge in [-0.3, -0.25) is 19.7 Å². The van der Waals surface area contributed by atoms with Gasteiger partial charge in [0.05, 0.1) is 4.92 Å². The van der Waals surface area contributed by atoms with Gasteiger partial charge in [0.15, 0.2) is 10.9 Å². The first kappa shape index (κ1) is 60.8. The highest BCUT2D eigenvalue weighted by molar-refractivity contribution is 8.77. The lowest BCUT2D eigenvalue weighted by Crippen LogP contribution is -2.02. The minimum atomic E-state index is -1.30. The number of ketones is 1. The number of benzene rings is 2. The number of Topliss-reactive ketones (excluding diaryl/α,β-unsaturated/α-hetero) is 1. The first-order valence-electron chi connectivity index (χ1n) is 18.0. The van der Waals surface area contributed by atoms with E-state index in [2.05, 4.69) is 39.9 Å². The summed E-state index contributed by atoms with van der Waals surface area (Å²) in [4.78, 5) is 44.0. The molecule has 1 fully saturated rings. The van der Waals surface area contributed by atoms with Crippen molar-refractivity contribution >= 4 is 122 Å². The van der Waals surface area contributed by atoms with Crippen molar-refractivity contribution in [2.24, 2.45) is 0 Å². The van der Waals surface area contributed by atoms with E-state index in [9.17, 15) is 24.5 Å². The van der Waals surface area contributed by atoms with Gasteiger partial charge in [-0.25, -0.2) is 4.79 Å². The van der Waals surface area contributed by atoms with E-state index in [1.807, 2.05) is 82.3 Å². The number of hydrogen-bond acceptors (Lipinski definition) is 15. The topological polar surface area (TPSA) is 162 Å². The SMILES string of the molecule is C.C=C1CCC(C)S1.CC(=N)CCC(C)SSc1ccc([N+](=O)[O-])c(C(=O)O)c1.CSC(C)=O.CSSC(C)CCC(C)=N.CSSC(C)c1ccc(C(C)=O)cc1. The monoisotopic (exact) mass is 951 g/mol. The summed E-state index contributed by atoms with van der Waals surface area (Å²) in [5, 5.41) is 36.8. The maximum atomic E-state index is 11.0. The van der Waals surface area contributed by atoms with Crippen LogP contribution in [-0.4, -0.2) is 72.8 Å². The van der Waals surface area contributed by atoms with E-state index in [0.717, 1.165) is 42.2 Å². The van der Waals surface area contributed by atoms with Crippen LogP contribution in [0.15, 0.2) is 58.8 Å². The number of nitro benzene ring substituents is 1. The summed E-state index contributed by atoms with van der Waals surface area (Å²) in [6.45, 7) is 19.3. The predicted molar refractivity (Wildman–Crippen MR) is 271 cm³/mol. The molecule has 0 saturated carbocycles. The van der Waals surface area contributed by atoms with Crippen LogP contribution in [0, 0.1) is 20.9 Å². The van der Waals surface area contributed by atoms with E-state index in [-0.39, 0.29) is 23.9 Å². The van der Waals surface area contributed by atoms with Gasteiger partial charge < -0.3 is 15.9 Å². The molecular formula is C41H65N3O6S8. The molecule has 1 saturated heterocycles. The Kier molecular flexibility index (Phi) is 38.0. The molecule has 328 valence electrons. The van der Waals surface area contributed by atoms with Crippen LogP contribution in [-0.2, 0) is 4.79 Å². The Bertz CT molecular complexity index is 1560. The largest absolute Gasteiger partial charge is 0.477 e. The third-order valence-electron chi connectivity index (χ3n) is 7.33. The lowest BCUT2D eigenvalue weighted by molar-refractivity contribution is -0.385. The molecule has 1 aliphatic heterocycles. The Morgan fingerprint density at radius 3 is 1.74 bits per heavy atom. The summed E-state index contributed by atoms with van der Waals surface area (Å²) >= 11 is 3.17. The number of hydrogen-bond donors (Lipinski definition) is 3. The molecule has 0 aromatic heterocycles. The number of carboxylic acid groups (broad SMARTS) is 1. The van der Waals surface area contributed by atoms with Gasteiger partial charge in [0, 0.05) is 55.9 Å². The number of carbonyl (C=O) groups excluding carboxylic acids is 2. The highest BCUT2D eigenvalue weighted by atomic mass is 33.1. The van der Waals surface area contributed by atoms with E-state index >= 15 is 0 Å². The number of nitrogens with zero attached hydrogens (tertiary/aromatic N) is 1. The number of nitro groups is 1. The van der Waals surface area contributed by atoms with Crippen LogP contribution < -0.4 is 0 Å². The molecule has 0 aliphatic carbocycles. The van der Waals surface area contributed by atoms with Gasteiger partial charge in [0.25, 0.3) is 5.69 Å². The molecule has 1 aliphatic rings. The normalized spacial score (nSPS) is 14.1. The predicted octanol–water partition coefficient (Wildman–Crippen LogP) is 15.4. The summed E-state index contributed by atoms with van der Waals surface area (Å²) in [7, 11) is 10.3. The van der Waals surface area contributed by atoms with Crippen molar-refractivity contribution in [1.29, 1.82) is 10.8 Å². The molecule has 4 atom stereocenters. The standard InChI is InChI=1S/C13H16N2O4S2.C11H14OS2.C7H15NS2.C6H10S.C3H6OS.CH4/c1-8(14)3-4-9(2)20-21-10-5-6-12(15(18)19)11(7-10)13(16)17;1-8(12)10-4-6-11(7-5-10)9(2)14-13-3;1-6(8)4-5-7(2)10-9-3;1-5-3-4-6(2)7-5;1-3(4)5-2;/h5-7,9,14H,3-4H2,1-2H3,(H,16,17);4-7,9H,1-3H3;7-8H,4-5H2,1-3H3;6H,1,3-4H2,2H3;1-2H3;1H4. The molecular weight excluding hydrogens is 887 g/mol. The minimum absolute atomic E-state index is 0. The first-order chi connectivity index (χ1) is 26.7. The van der Waals surface area contributed by atoms with Crippen LogP contribution in [0.2, 0.25) is 0 Å². The van der Waals surface area contributed by atoms with Gasteiger partial charge in [0.1, 0.15) is 5.56 Å². The molecule has 1 heterocycles. The molecule has 3 rings (SSSR count). The number of nitrogens with one attached hydrogen (secondary N) is 2. The summed E-state index contributed by atoms with van der Waals surface area (Å²) in [6.07, 6.45) is 12.2. The lowest BCUT2D eigenvalue weighted by atomic mass is 10.1. The van der Waals surface area contributed by atoms with Gasteiger partial charge in [-0.2, -0.15) is 0 Å². The third kappa shape index (κ3) is 32.3. The van der Waals surface area contributed by atoms with Crippen LogP contribution in [0.25, 0.3) is 0 Å². The number of allylic oxidation sites excluding steroid dienone is 1. The van der Waals surface area contributed by atoms with Crippen LogP contribution >= 0.6 is 88.3 Å². The van der Waals surface area contributed by atoms with E-state index in [0.29, 0.717) is 26.4 Å². The molecule has 0 spiro atoms. The van der Waals surface area contributed by atoms with Crippen molar-refractivity contribution in [3.05, 3.63) is 80.8 Å². The number of thioether (sulfide) groups is 2. The van der Waals surface area contributed by atoms with Crippen LogP contribution in [0.4, 0.5) is 5.69 Å². The highest BCUT2D eigenvalue weighted by Gasteiger charge is 2.20. The van der Waals surface area contributed by atoms with E-state index in [1.54, 1.807) is 54.7 Å². The Morgan fingerprint density at radius 2 is 1.40 bits per heavy atom. The van der Waals surface area contributed by atoms with Crippen LogP contribution in [0.1, 0.15) is 133 Å². The second-order valence-corrected chi connectivity index (χ2v) is 23.8. The fraction of sp³-hybridized carbons (Fsp3) is 0.537. The second-order valence-electron chi connectivity index (χ2n) is 12.7. The van der Waals surface area contributed by atoms with E-state index < -0.39 is 16.6 Å². The average Bonchev–Trinajstić information content (AvgIpc) is 3.54. The van der Waals surface area contributed by atoms with Crippen LogP contribution in [0.3, 0.4) is 0 Å². The summed E-state index contributed by atoms with van der Waals surface area (Å²) in [6, 6.07) is 12.0. The molecule has 0 bridgehead atoms. The Balaban J connectivity index is -0.000000707. The average molecular weight is 953 g/mol. The third-order valence-corrected chi connectivity index (χ3v) is 16.6. The number of rotatable bonds is 17. The molecule has 2 aromatic rings. The van der Waals surface area contributed by atoms with Crippen LogP contribution in [0.5, 0.6) is 0 Å². The Labute approximate surface area is 381 Å². The van der Waals surface area contributed by atoms with Crippen molar-refractivity contribution < 1.29 is 24.4 Å². The number of carboxylic acids is 1. The van der Waals surface area contributed by atoms with E-state index in [4.69, 9.17) is 15.9 Å². The van der Waals surface area contributed by atoms with Crippen molar-refractivity contribution in [2.45, 2.75) is 127 Å². The molecule has 4 unspecified atom stereocenters. The molecule has 2 aromatic carbocycles. The summed E-state index contributed by atoms with van der Waals surface area (Å²) in [5.74, 6) is -1.18. The lowest BCUT2D eigenvalue weighted by Gasteiger charge is -2.10. The quantitative estimate of drug-likeness (QED) is 0.0451. The van der Waals surface area contributed by atoms with Gasteiger partial charge in [-0.05, 0) is 108 Å². The van der Waals surface area contributed by atoms with Gasteiger partial charge >= 0.3 is 5.97 Å². The number of aromatic carboxylic acids is 1. The summed E-state index contributed by atoms with van der Waals surface area (Å²) in [5.41, 5.74) is 2.80. The van der Waals surface area contributed by atoms with Crippen molar-refractivity contribution in [2.75, 3.05) is 18.8 Å². The molecule has 17 heteroatoms. The minimum Gasteiger partial charge on any atom is -0.477 e. The van der Waals surface area contributed by atoms with Gasteiger partial charge in [0.2, 0.25) is 0 Å². The smallest absolute Gasteiger partial charge is 0.342 e. The zero-order chi connectivity index (χ0) is 44.1. The van der Waals surface area contributed by atoms with Crippen molar-refractivity contribution in [1.82, 2.24) is 0 Å². The summed E-state index contributed by atoms with van der Waals surface area (Å²) < 4.78 is 0.